The fourth-order valence-electron chi connectivity index (χ4n) is 1.63. The molecule has 126 valence electrons. The molecule has 0 saturated heterocycles. The third-order valence-corrected chi connectivity index (χ3v) is 2.69. The molecule has 0 fully saturated rings. The number of isocyanates is 4. The van der Waals surface area contributed by atoms with Gasteiger partial charge in [-0.25, -0.2) is 29.2 Å². The Morgan fingerprint density at radius 2 is 0.739 bits per heavy atom. The molecule has 8 nitrogen and oxygen atoms in total. The van der Waals surface area contributed by atoms with Crippen molar-refractivity contribution >= 4 is 24.3 Å². The van der Waals surface area contributed by atoms with Crippen LogP contribution < -0.4 is 0 Å². The maximum Gasteiger partial charge on any atom is 0.236 e. The van der Waals surface area contributed by atoms with E-state index in [1.54, 1.807) is 12.2 Å². The summed E-state index contributed by atoms with van der Waals surface area (Å²) in [5, 5.41) is 0. The van der Waals surface area contributed by atoms with Crippen molar-refractivity contribution in [1.82, 2.24) is 0 Å². The molecule has 0 aromatic heterocycles. The van der Waals surface area contributed by atoms with Crippen LogP contribution in [0.2, 0.25) is 0 Å². The van der Waals surface area contributed by atoms with Crippen LogP contribution >= 0.6 is 0 Å². The van der Waals surface area contributed by atoms with Crippen molar-refractivity contribution in [2.24, 2.45) is 20.0 Å². The van der Waals surface area contributed by atoms with Gasteiger partial charge in [0.05, 0.1) is 13.1 Å². The van der Waals surface area contributed by atoms with Gasteiger partial charge in [0.1, 0.15) is 0 Å². The highest BCUT2D eigenvalue weighted by Gasteiger charge is 1.91. The van der Waals surface area contributed by atoms with E-state index in [-0.39, 0.29) is 6.67 Å². The monoisotopic (exact) mass is 322 g/mol. The standard InChI is InChI=1S/C12H20N2O2.C3H2N2O2/c15-11-13-9-7-5-3-1-2-4-6-8-10-14-12-16;6-2-4-1-5-3-7/h1-10H2;1H2. The normalized spacial score (nSPS) is 8.17. The van der Waals surface area contributed by atoms with E-state index in [2.05, 4.69) is 20.0 Å². The fraction of sp³-hybridized carbons (Fsp3) is 0.733. The SMILES string of the molecule is O=C=NCCCCCCCCCCN=C=O.O=C=NCN=C=O. The van der Waals surface area contributed by atoms with Crippen molar-refractivity contribution < 1.29 is 19.2 Å². The summed E-state index contributed by atoms with van der Waals surface area (Å²) in [5.74, 6) is 0. The molecular formula is C15H22N4O4. The Morgan fingerprint density at radius 1 is 0.435 bits per heavy atom. The highest BCUT2D eigenvalue weighted by atomic mass is 16.1. The van der Waals surface area contributed by atoms with Gasteiger partial charge in [0, 0.05) is 0 Å². The van der Waals surface area contributed by atoms with E-state index in [1.165, 1.54) is 37.8 Å². The molecule has 0 atom stereocenters. The molecule has 8 heteroatoms. The lowest BCUT2D eigenvalue weighted by Crippen LogP contribution is -1.85. The van der Waals surface area contributed by atoms with Crippen molar-refractivity contribution in [3.63, 3.8) is 0 Å². The molecule has 0 heterocycles. The number of hydrogen-bond acceptors (Lipinski definition) is 8. The molecule has 23 heavy (non-hydrogen) atoms. The largest absolute Gasteiger partial charge is 0.236 e. The molecule has 0 spiro atoms. The smallest absolute Gasteiger partial charge is 0.211 e. The summed E-state index contributed by atoms with van der Waals surface area (Å²) in [7, 11) is 0. The summed E-state index contributed by atoms with van der Waals surface area (Å²) in [4.78, 5) is 50.8. The second-order valence-corrected chi connectivity index (χ2v) is 4.41. The van der Waals surface area contributed by atoms with Gasteiger partial charge in [-0.3, -0.25) is 0 Å². The van der Waals surface area contributed by atoms with Gasteiger partial charge in [-0.15, -0.1) is 0 Å². The molecule has 0 aliphatic heterocycles. The van der Waals surface area contributed by atoms with Crippen molar-refractivity contribution in [3.05, 3.63) is 0 Å². The van der Waals surface area contributed by atoms with Crippen LogP contribution in [0.1, 0.15) is 51.4 Å². The van der Waals surface area contributed by atoms with Gasteiger partial charge in [0.25, 0.3) is 0 Å². The second-order valence-electron chi connectivity index (χ2n) is 4.41. The predicted molar refractivity (Wildman–Crippen MR) is 84.0 cm³/mol. The summed E-state index contributed by atoms with van der Waals surface area (Å²) in [5.41, 5.74) is 0. The molecular weight excluding hydrogens is 300 g/mol. The number of nitrogens with zero attached hydrogens (tertiary/aromatic N) is 4. The van der Waals surface area contributed by atoms with Crippen LogP contribution in [0, 0.1) is 0 Å². The predicted octanol–water partition coefficient (Wildman–Crippen LogP) is 2.39. The molecule has 0 amide bonds. The van der Waals surface area contributed by atoms with E-state index < -0.39 is 0 Å². The first-order valence-electron chi connectivity index (χ1n) is 7.48. The second kappa shape index (κ2) is 24.5. The number of hydrogen-bond donors (Lipinski definition) is 0. The quantitative estimate of drug-likeness (QED) is 0.294. The Morgan fingerprint density at radius 3 is 1.04 bits per heavy atom. The molecule has 0 radical (unpaired) electrons. The zero-order valence-electron chi connectivity index (χ0n) is 13.2. The van der Waals surface area contributed by atoms with Crippen LogP contribution in [0.15, 0.2) is 20.0 Å². The number of carbonyl (C=O) groups excluding carboxylic acids is 4. The number of aliphatic imine (C=N–C) groups is 4. The third kappa shape index (κ3) is 28.4. The first kappa shape index (κ1) is 22.8. The highest BCUT2D eigenvalue weighted by molar-refractivity contribution is 5.35. The van der Waals surface area contributed by atoms with Crippen LogP contribution in [0.4, 0.5) is 0 Å². The molecule has 0 saturated carbocycles. The Bertz CT molecular complexity index is 414. The van der Waals surface area contributed by atoms with Crippen LogP contribution in [0.5, 0.6) is 0 Å². The summed E-state index contributed by atoms with van der Waals surface area (Å²) in [6.07, 6.45) is 14.6. The summed E-state index contributed by atoms with van der Waals surface area (Å²) in [6, 6.07) is 0. The minimum Gasteiger partial charge on any atom is -0.211 e. The molecule has 0 aromatic carbocycles. The molecule has 0 aliphatic rings. The van der Waals surface area contributed by atoms with Gasteiger partial charge in [-0.05, 0) is 12.8 Å². The Hall–Kier alpha value is -2.48. The van der Waals surface area contributed by atoms with E-state index >= 15 is 0 Å². The van der Waals surface area contributed by atoms with Crippen molar-refractivity contribution in [1.29, 1.82) is 0 Å². The molecule has 0 unspecified atom stereocenters. The first-order chi connectivity index (χ1) is 11.3. The Kier molecular flexibility index (Phi) is 24.3. The highest BCUT2D eigenvalue weighted by Crippen LogP contribution is 2.08. The van der Waals surface area contributed by atoms with Gasteiger partial charge in [0.15, 0.2) is 6.67 Å². The van der Waals surface area contributed by atoms with Gasteiger partial charge in [-0.1, -0.05) is 38.5 Å². The lowest BCUT2D eigenvalue weighted by Gasteiger charge is -1.99. The van der Waals surface area contributed by atoms with E-state index in [1.807, 2.05) is 0 Å². The summed E-state index contributed by atoms with van der Waals surface area (Å²) >= 11 is 0. The third-order valence-electron chi connectivity index (χ3n) is 2.69. The zero-order chi connectivity index (χ0) is 17.4. The van der Waals surface area contributed by atoms with E-state index in [4.69, 9.17) is 0 Å². The average Bonchev–Trinajstić information content (AvgIpc) is 2.57. The number of unbranched alkanes of at least 4 members (excludes halogenated alkanes) is 7. The van der Waals surface area contributed by atoms with Gasteiger partial charge in [0.2, 0.25) is 24.3 Å². The summed E-state index contributed by atoms with van der Waals surface area (Å²) < 4.78 is 0. The average molecular weight is 322 g/mol. The summed E-state index contributed by atoms with van der Waals surface area (Å²) in [6.45, 7) is 1.08. The molecule has 0 aliphatic carbocycles. The van der Waals surface area contributed by atoms with Crippen LogP contribution in [0.25, 0.3) is 0 Å². The zero-order valence-corrected chi connectivity index (χ0v) is 13.2. The van der Waals surface area contributed by atoms with E-state index in [9.17, 15) is 19.2 Å². The maximum atomic E-state index is 9.76. The van der Waals surface area contributed by atoms with Gasteiger partial charge in [-0.2, -0.15) is 9.98 Å². The van der Waals surface area contributed by atoms with Gasteiger partial charge < -0.3 is 0 Å². The Balaban J connectivity index is 0. The molecule has 0 N–H and O–H groups in total. The van der Waals surface area contributed by atoms with Crippen molar-refractivity contribution in [3.8, 4) is 0 Å². The van der Waals surface area contributed by atoms with Crippen LogP contribution in [-0.4, -0.2) is 44.1 Å². The minimum absolute atomic E-state index is 0.160. The Labute approximate surface area is 135 Å². The minimum atomic E-state index is -0.160. The van der Waals surface area contributed by atoms with E-state index in [0.29, 0.717) is 13.1 Å². The van der Waals surface area contributed by atoms with Gasteiger partial charge >= 0.3 is 0 Å². The van der Waals surface area contributed by atoms with E-state index in [0.717, 1.165) is 25.7 Å². The fourth-order valence-corrected chi connectivity index (χ4v) is 1.63. The molecule has 0 rings (SSSR count). The van der Waals surface area contributed by atoms with Crippen LogP contribution in [-0.2, 0) is 19.2 Å². The molecule has 0 bridgehead atoms. The topological polar surface area (TPSA) is 118 Å². The maximum absolute atomic E-state index is 9.76. The first-order valence-corrected chi connectivity index (χ1v) is 7.48. The molecule has 0 aromatic rings. The number of rotatable bonds is 13. The van der Waals surface area contributed by atoms with Crippen LogP contribution in [0.3, 0.4) is 0 Å². The van der Waals surface area contributed by atoms with Crippen molar-refractivity contribution in [2.75, 3.05) is 19.8 Å². The lowest BCUT2D eigenvalue weighted by atomic mass is 10.1. The van der Waals surface area contributed by atoms with Crippen molar-refractivity contribution in [2.45, 2.75) is 51.4 Å². The lowest BCUT2D eigenvalue weighted by molar-refractivity contribution is 0.553.